The van der Waals surface area contributed by atoms with Gasteiger partial charge in [0.25, 0.3) is 5.91 Å². The van der Waals surface area contributed by atoms with Crippen LogP contribution in [0.1, 0.15) is 29.4 Å². The van der Waals surface area contributed by atoms with Gasteiger partial charge in [0.2, 0.25) is 0 Å². The Balaban J connectivity index is 1.66. The number of amides is 1. The maximum absolute atomic E-state index is 11.8. The van der Waals surface area contributed by atoms with E-state index < -0.39 is 0 Å². The minimum absolute atomic E-state index is 0.251. The van der Waals surface area contributed by atoms with Crippen LogP contribution in [0, 0.1) is 0 Å². The summed E-state index contributed by atoms with van der Waals surface area (Å²) in [5.41, 5.74) is 1.02. The average molecular weight is 278 g/mol. The molecule has 2 aromatic rings. The Morgan fingerprint density at radius 2 is 2.32 bits per heavy atom. The number of piperidine rings is 1. The number of carbonyl (C=O) groups is 1. The van der Waals surface area contributed by atoms with E-state index >= 15 is 0 Å². The molecule has 1 fully saturated rings. The molecule has 3 rings (SSSR count). The Hall–Kier alpha value is -1.80. The fourth-order valence-electron chi connectivity index (χ4n) is 2.13. The number of anilines is 1. The second-order valence-electron chi connectivity index (χ2n) is 4.43. The van der Waals surface area contributed by atoms with Crippen LogP contribution in [0.5, 0.6) is 0 Å². The van der Waals surface area contributed by atoms with Crippen LogP contribution < -0.4 is 10.6 Å². The average Bonchev–Trinajstić information content (AvgIpc) is 3.11. The summed E-state index contributed by atoms with van der Waals surface area (Å²) in [6, 6.07) is 0.410. The number of nitrogens with one attached hydrogen (secondary N) is 2. The van der Waals surface area contributed by atoms with Gasteiger partial charge < -0.3 is 10.6 Å². The summed E-state index contributed by atoms with van der Waals surface area (Å²) < 4.78 is 5.59. The second-order valence-corrected chi connectivity index (χ2v) is 5.04. The van der Waals surface area contributed by atoms with Gasteiger partial charge in [-0.05, 0) is 37.5 Å². The van der Waals surface area contributed by atoms with Gasteiger partial charge in [0.05, 0.1) is 17.9 Å². The van der Waals surface area contributed by atoms with Gasteiger partial charge in [0, 0.05) is 11.6 Å². The van der Waals surface area contributed by atoms with Gasteiger partial charge >= 0.3 is 0 Å². The normalized spacial score (nSPS) is 16.4. The predicted molar refractivity (Wildman–Crippen MR) is 71.2 cm³/mol. The van der Waals surface area contributed by atoms with Crippen molar-refractivity contribution < 1.29 is 4.79 Å². The van der Waals surface area contributed by atoms with Gasteiger partial charge in [0.1, 0.15) is 0 Å². The van der Waals surface area contributed by atoms with Gasteiger partial charge in [-0.3, -0.25) is 9.48 Å². The number of rotatable bonds is 3. The van der Waals surface area contributed by atoms with Gasteiger partial charge in [-0.1, -0.05) is 4.49 Å². The molecule has 8 heteroatoms. The maximum Gasteiger partial charge on any atom is 0.277 e. The standard InChI is InChI=1S/C11H14N6OS/c18-11(10-7-19-16-15-10)14-8-5-13-17(6-8)9-1-3-12-4-2-9/h5-7,9,12H,1-4H2,(H,14,18). The van der Waals surface area contributed by atoms with Gasteiger partial charge in [-0.2, -0.15) is 5.10 Å². The summed E-state index contributed by atoms with van der Waals surface area (Å²) in [6.07, 6.45) is 5.66. The van der Waals surface area contributed by atoms with Crippen molar-refractivity contribution >= 4 is 23.1 Å². The molecule has 100 valence electrons. The molecule has 0 bridgehead atoms. The monoisotopic (exact) mass is 278 g/mol. The fraction of sp³-hybridized carbons (Fsp3) is 0.455. The Morgan fingerprint density at radius 3 is 3.05 bits per heavy atom. The van der Waals surface area contributed by atoms with Gasteiger partial charge in [-0.15, -0.1) is 5.10 Å². The first-order chi connectivity index (χ1) is 9.33. The smallest absolute Gasteiger partial charge is 0.277 e. The first-order valence-corrected chi connectivity index (χ1v) is 7.00. The van der Waals surface area contributed by atoms with Crippen LogP contribution in [0.15, 0.2) is 17.8 Å². The molecule has 2 N–H and O–H groups in total. The zero-order chi connectivity index (χ0) is 13.1. The Labute approximate surface area is 114 Å². The molecule has 7 nitrogen and oxygen atoms in total. The van der Waals surface area contributed by atoms with Crippen molar-refractivity contribution in [1.82, 2.24) is 24.7 Å². The van der Waals surface area contributed by atoms with E-state index in [1.807, 2.05) is 10.9 Å². The van der Waals surface area contributed by atoms with E-state index in [4.69, 9.17) is 0 Å². The van der Waals surface area contributed by atoms with E-state index in [2.05, 4.69) is 25.3 Å². The van der Waals surface area contributed by atoms with Crippen molar-refractivity contribution in [3.63, 3.8) is 0 Å². The molecule has 0 atom stereocenters. The predicted octanol–water partition coefficient (Wildman–Crippen LogP) is 0.911. The third-order valence-corrected chi connectivity index (χ3v) is 3.64. The lowest BCUT2D eigenvalue weighted by atomic mass is 10.1. The molecular formula is C11H14N6OS. The number of carbonyl (C=O) groups excluding carboxylic acids is 1. The molecule has 1 aliphatic heterocycles. The highest BCUT2D eigenvalue weighted by Crippen LogP contribution is 2.19. The molecule has 0 saturated carbocycles. The zero-order valence-electron chi connectivity index (χ0n) is 10.2. The van der Waals surface area contributed by atoms with E-state index in [9.17, 15) is 4.79 Å². The molecule has 2 aromatic heterocycles. The van der Waals surface area contributed by atoms with Crippen molar-refractivity contribution in [1.29, 1.82) is 0 Å². The van der Waals surface area contributed by atoms with Gasteiger partial charge in [-0.25, -0.2) is 0 Å². The summed E-state index contributed by atoms with van der Waals surface area (Å²) in [5.74, 6) is -0.251. The Morgan fingerprint density at radius 1 is 1.47 bits per heavy atom. The highest BCUT2D eigenvalue weighted by atomic mass is 32.1. The number of hydrogen-bond acceptors (Lipinski definition) is 6. The van der Waals surface area contributed by atoms with Crippen LogP contribution in [-0.4, -0.2) is 38.4 Å². The van der Waals surface area contributed by atoms with Crippen molar-refractivity contribution in [3.8, 4) is 0 Å². The topological polar surface area (TPSA) is 84.7 Å². The third-order valence-electron chi connectivity index (χ3n) is 3.13. The van der Waals surface area contributed by atoms with Crippen LogP contribution >= 0.6 is 11.5 Å². The Bertz CT molecular complexity index is 545. The van der Waals surface area contributed by atoms with E-state index in [0.717, 1.165) is 37.5 Å². The van der Waals surface area contributed by atoms with Crippen LogP contribution in [0.4, 0.5) is 5.69 Å². The summed E-state index contributed by atoms with van der Waals surface area (Å²) in [4.78, 5) is 11.8. The minimum atomic E-state index is -0.251. The third kappa shape index (κ3) is 2.79. The van der Waals surface area contributed by atoms with E-state index in [1.54, 1.807) is 11.6 Å². The lowest BCUT2D eigenvalue weighted by molar-refractivity contribution is 0.102. The summed E-state index contributed by atoms with van der Waals surface area (Å²) in [6.45, 7) is 2.02. The van der Waals surface area contributed by atoms with E-state index in [1.165, 1.54) is 0 Å². The number of nitrogens with zero attached hydrogens (tertiary/aromatic N) is 4. The van der Waals surface area contributed by atoms with E-state index in [-0.39, 0.29) is 5.91 Å². The number of aromatic nitrogens is 4. The molecule has 3 heterocycles. The molecule has 1 aliphatic rings. The lowest BCUT2D eigenvalue weighted by Gasteiger charge is -2.22. The number of hydrogen-bond donors (Lipinski definition) is 2. The van der Waals surface area contributed by atoms with Crippen molar-refractivity contribution in [2.45, 2.75) is 18.9 Å². The fourth-order valence-corrected chi connectivity index (χ4v) is 2.57. The van der Waals surface area contributed by atoms with Crippen LogP contribution in [0.2, 0.25) is 0 Å². The molecular weight excluding hydrogens is 264 g/mol. The highest BCUT2D eigenvalue weighted by Gasteiger charge is 2.16. The highest BCUT2D eigenvalue weighted by molar-refractivity contribution is 7.03. The first-order valence-electron chi connectivity index (χ1n) is 6.16. The van der Waals surface area contributed by atoms with Crippen LogP contribution in [0.3, 0.4) is 0 Å². The second kappa shape index (κ2) is 5.45. The van der Waals surface area contributed by atoms with Crippen LogP contribution in [-0.2, 0) is 0 Å². The molecule has 0 unspecified atom stereocenters. The Kier molecular flexibility index (Phi) is 3.51. The minimum Gasteiger partial charge on any atom is -0.318 e. The summed E-state index contributed by atoms with van der Waals surface area (Å²) in [7, 11) is 0. The largest absolute Gasteiger partial charge is 0.318 e. The molecule has 0 spiro atoms. The molecule has 0 radical (unpaired) electrons. The van der Waals surface area contributed by atoms with E-state index in [0.29, 0.717) is 17.4 Å². The van der Waals surface area contributed by atoms with Crippen molar-refractivity contribution in [2.24, 2.45) is 0 Å². The molecule has 1 saturated heterocycles. The SMILES string of the molecule is O=C(Nc1cnn(C2CCNCC2)c1)c1csnn1. The zero-order valence-corrected chi connectivity index (χ0v) is 11.1. The van der Waals surface area contributed by atoms with Gasteiger partial charge in [0.15, 0.2) is 5.69 Å². The molecule has 0 aliphatic carbocycles. The summed E-state index contributed by atoms with van der Waals surface area (Å²) in [5, 5.41) is 15.7. The lowest BCUT2D eigenvalue weighted by Crippen LogP contribution is -2.29. The maximum atomic E-state index is 11.8. The quantitative estimate of drug-likeness (QED) is 0.871. The van der Waals surface area contributed by atoms with Crippen molar-refractivity contribution in [2.75, 3.05) is 18.4 Å². The molecule has 0 aromatic carbocycles. The first kappa shape index (κ1) is 12.2. The van der Waals surface area contributed by atoms with Crippen molar-refractivity contribution in [3.05, 3.63) is 23.5 Å². The molecule has 1 amide bonds. The molecule has 19 heavy (non-hydrogen) atoms. The van der Waals surface area contributed by atoms with Crippen LogP contribution in [0.25, 0.3) is 0 Å². The summed E-state index contributed by atoms with van der Waals surface area (Å²) >= 11 is 1.16.